The Morgan fingerprint density at radius 3 is 2.49 bits per heavy atom. The normalized spacial score (nSPS) is 15.8. The molecule has 1 unspecified atom stereocenters. The van der Waals surface area contributed by atoms with Crippen LogP contribution >= 0.6 is 11.6 Å². The molecule has 4 aromatic rings. The average molecular weight is 490 g/mol. The zero-order chi connectivity index (χ0) is 24.2. The van der Waals surface area contributed by atoms with E-state index in [1.165, 1.54) is 5.56 Å². The molecule has 0 bridgehead atoms. The van der Waals surface area contributed by atoms with Crippen LogP contribution in [0.25, 0.3) is 10.9 Å². The number of fused-ring (bicyclic) bond motifs is 1. The van der Waals surface area contributed by atoms with Gasteiger partial charge in [0.15, 0.2) is 0 Å². The molecular weight excluding hydrogens is 462 g/mol. The summed E-state index contributed by atoms with van der Waals surface area (Å²) in [5, 5.41) is 11.8. The van der Waals surface area contributed by atoms with E-state index in [4.69, 9.17) is 16.3 Å². The van der Waals surface area contributed by atoms with Gasteiger partial charge >= 0.3 is 5.97 Å². The molecule has 1 aliphatic heterocycles. The van der Waals surface area contributed by atoms with Crippen LogP contribution in [0, 0.1) is 0 Å². The Kier molecular flexibility index (Phi) is 7.04. The van der Waals surface area contributed by atoms with Gasteiger partial charge in [-0.05, 0) is 41.5 Å². The Balaban J connectivity index is 1.30. The van der Waals surface area contributed by atoms with Crippen LogP contribution in [-0.2, 0) is 17.9 Å². The number of aromatic nitrogens is 1. The van der Waals surface area contributed by atoms with Gasteiger partial charge in [-0.1, -0.05) is 54.1 Å². The van der Waals surface area contributed by atoms with Crippen LogP contribution in [0.5, 0.6) is 5.75 Å². The summed E-state index contributed by atoms with van der Waals surface area (Å²) in [5.41, 5.74) is 3.92. The summed E-state index contributed by atoms with van der Waals surface area (Å²) in [5.74, 6) is -0.123. The summed E-state index contributed by atoms with van der Waals surface area (Å²) in [6.07, 6.45) is 1.82. The largest absolute Gasteiger partial charge is 0.489 e. The lowest BCUT2D eigenvalue weighted by atomic mass is 10.0. The molecule has 2 N–H and O–H groups in total. The molecule has 3 aromatic carbocycles. The number of halogens is 1. The smallest absolute Gasteiger partial charge is 0.325 e. The molecule has 0 aliphatic carbocycles. The quantitative estimate of drug-likeness (QED) is 0.349. The Morgan fingerprint density at radius 1 is 0.971 bits per heavy atom. The van der Waals surface area contributed by atoms with Crippen molar-refractivity contribution in [3.8, 4) is 5.75 Å². The molecule has 1 atom stereocenters. The number of carbonyl (C=O) groups is 1. The topological polar surface area (TPSA) is 68.8 Å². The van der Waals surface area contributed by atoms with Gasteiger partial charge < -0.3 is 14.8 Å². The number of aliphatic carboxylic acids is 1. The highest BCUT2D eigenvalue weighted by atomic mass is 35.5. The maximum atomic E-state index is 12.4. The van der Waals surface area contributed by atoms with E-state index in [-0.39, 0.29) is 0 Å². The molecule has 6 nitrogen and oxygen atoms in total. The first-order chi connectivity index (χ1) is 17.1. The van der Waals surface area contributed by atoms with E-state index in [9.17, 15) is 9.90 Å². The van der Waals surface area contributed by atoms with Crippen LogP contribution in [0.15, 0.2) is 79.0 Å². The van der Waals surface area contributed by atoms with Crippen molar-refractivity contribution >= 4 is 28.5 Å². The minimum atomic E-state index is -0.843. The number of benzene rings is 3. The number of aromatic amines is 1. The third kappa shape index (κ3) is 5.51. The first-order valence-corrected chi connectivity index (χ1v) is 12.2. The Hall–Kier alpha value is -3.32. The number of hydrogen-bond acceptors (Lipinski definition) is 4. The highest BCUT2D eigenvalue weighted by Gasteiger charge is 2.32. The van der Waals surface area contributed by atoms with E-state index in [0.29, 0.717) is 19.7 Å². The molecule has 0 spiro atoms. The summed E-state index contributed by atoms with van der Waals surface area (Å²) in [4.78, 5) is 20.1. The van der Waals surface area contributed by atoms with Gasteiger partial charge in [0.25, 0.3) is 0 Å². The van der Waals surface area contributed by atoms with E-state index >= 15 is 0 Å². The molecular formula is C28H28ClN3O3. The van der Waals surface area contributed by atoms with Crippen molar-refractivity contribution in [3.63, 3.8) is 0 Å². The number of carboxylic acid groups (broad SMARTS) is 1. The number of carboxylic acids is 1. The molecule has 2 heterocycles. The molecule has 0 radical (unpaired) electrons. The lowest BCUT2D eigenvalue weighted by Gasteiger charge is -2.37. The molecule has 5 rings (SSSR count). The number of ether oxygens (including phenoxy) is 1. The van der Waals surface area contributed by atoms with Gasteiger partial charge in [-0.25, -0.2) is 0 Å². The lowest BCUT2D eigenvalue weighted by molar-refractivity contribution is -0.144. The zero-order valence-electron chi connectivity index (χ0n) is 19.4. The standard InChI is InChI=1S/C28H28ClN3O3/c29-22-8-4-7-21(15-22)18-31-11-13-32(14-12-31)27(28(33)34)25-17-30-26-10-9-23(16-24(25)26)35-19-20-5-2-1-3-6-20/h1-10,15-17,27,30H,11-14,18-19H2,(H,33,34). The molecule has 0 saturated carbocycles. The molecule has 180 valence electrons. The monoisotopic (exact) mass is 489 g/mol. The van der Waals surface area contributed by atoms with Crippen LogP contribution in [-0.4, -0.2) is 52.0 Å². The summed E-state index contributed by atoms with van der Waals surface area (Å²) in [6.45, 7) is 4.21. The third-order valence-electron chi connectivity index (χ3n) is 6.53. The molecule has 35 heavy (non-hydrogen) atoms. The van der Waals surface area contributed by atoms with Gasteiger partial charge in [0.05, 0.1) is 0 Å². The second kappa shape index (κ2) is 10.5. The van der Waals surface area contributed by atoms with Crippen LogP contribution in [0.4, 0.5) is 0 Å². The van der Waals surface area contributed by atoms with Crippen molar-refractivity contribution in [3.05, 3.63) is 101 Å². The SMILES string of the molecule is O=C(O)C(c1c[nH]c2ccc(OCc3ccccc3)cc12)N1CCN(Cc2cccc(Cl)c2)CC1. The zero-order valence-corrected chi connectivity index (χ0v) is 20.1. The van der Waals surface area contributed by atoms with E-state index in [1.807, 2.05) is 72.9 Å². The van der Waals surface area contributed by atoms with Gasteiger partial charge in [-0.2, -0.15) is 0 Å². The number of nitrogens with zero attached hydrogens (tertiary/aromatic N) is 2. The Morgan fingerprint density at radius 2 is 1.74 bits per heavy atom. The van der Waals surface area contributed by atoms with Gasteiger partial charge in [0, 0.05) is 60.4 Å². The first-order valence-electron chi connectivity index (χ1n) is 11.8. The van der Waals surface area contributed by atoms with Crippen LogP contribution < -0.4 is 4.74 Å². The molecule has 1 fully saturated rings. The number of rotatable bonds is 8. The number of H-pyrrole nitrogens is 1. The Labute approximate surface area is 209 Å². The van der Waals surface area contributed by atoms with Crippen LogP contribution in [0.1, 0.15) is 22.7 Å². The van der Waals surface area contributed by atoms with E-state index in [0.717, 1.165) is 52.4 Å². The minimum absolute atomic E-state index is 0.461. The average Bonchev–Trinajstić information content (AvgIpc) is 3.27. The Bertz CT molecular complexity index is 1300. The highest BCUT2D eigenvalue weighted by Crippen LogP contribution is 2.32. The molecule has 1 aromatic heterocycles. The van der Waals surface area contributed by atoms with Crippen LogP contribution in [0.2, 0.25) is 5.02 Å². The van der Waals surface area contributed by atoms with Gasteiger partial charge in [0.1, 0.15) is 18.4 Å². The second-order valence-corrected chi connectivity index (χ2v) is 9.34. The predicted octanol–water partition coefficient (Wildman–Crippen LogP) is 5.34. The summed E-state index contributed by atoms with van der Waals surface area (Å²) < 4.78 is 6.00. The van der Waals surface area contributed by atoms with Crippen molar-refractivity contribution in [1.29, 1.82) is 0 Å². The van der Waals surface area contributed by atoms with E-state index in [2.05, 4.69) is 20.9 Å². The number of hydrogen-bond donors (Lipinski definition) is 2. The molecule has 0 amide bonds. The maximum Gasteiger partial charge on any atom is 0.325 e. The maximum absolute atomic E-state index is 12.4. The second-order valence-electron chi connectivity index (χ2n) is 8.91. The van der Waals surface area contributed by atoms with E-state index < -0.39 is 12.0 Å². The van der Waals surface area contributed by atoms with Crippen molar-refractivity contribution in [2.24, 2.45) is 0 Å². The number of nitrogens with one attached hydrogen (secondary N) is 1. The van der Waals surface area contributed by atoms with Crippen molar-refractivity contribution < 1.29 is 14.6 Å². The predicted molar refractivity (Wildman–Crippen MR) is 138 cm³/mol. The minimum Gasteiger partial charge on any atom is -0.489 e. The summed E-state index contributed by atoms with van der Waals surface area (Å²) >= 11 is 6.12. The number of piperazine rings is 1. The van der Waals surface area contributed by atoms with Crippen LogP contribution in [0.3, 0.4) is 0 Å². The fourth-order valence-corrected chi connectivity index (χ4v) is 4.95. The molecule has 1 saturated heterocycles. The lowest BCUT2D eigenvalue weighted by Crippen LogP contribution is -2.48. The van der Waals surface area contributed by atoms with Crippen molar-refractivity contribution in [1.82, 2.24) is 14.8 Å². The fourth-order valence-electron chi connectivity index (χ4n) is 4.74. The van der Waals surface area contributed by atoms with Gasteiger partial charge in [-0.15, -0.1) is 0 Å². The van der Waals surface area contributed by atoms with Crippen molar-refractivity contribution in [2.75, 3.05) is 26.2 Å². The summed E-state index contributed by atoms with van der Waals surface area (Å²) in [7, 11) is 0. The molecule has 1 aliphatic rings. The van der Waals surface area contributed by atoms with E-state index in [1.54, 1.807) is 0 Å². The van der Waals surface area contributed by atoms with Gasteiger partial charge in [-0.3, -0.25) is 14.6 Å². The molecule has 7 heteroatoms. The fraction of sp³-hybridized carbons (Fsp3) is 0.250. The first kappa shape index (κ1) is 23.4. The van der Waals surface area contributed by atoms with Crippen molar-refractivity contribution in [2.45, 2.75) is 19.2 Å². The third-order valence-corrected chi connectivity index (χ3v) is 6.76. The highest BCUT2D eigenvalue weighted by molar-refractivity contribution is 6.30. The summed E-state index contributed by atoms with van der Waals surface area (Å²) in [6, 6.07) is 23.0. The van der Waals surface area contributed by atoms with Gasteiger partial charge in [0.2, 0.25) is 0 Å².